The third-order valence-electron chi connectivity index (χ3n) is 5.84. The molecule has 4 nitrogen and oxygen atoms in total. The number of rotatable bonds is 5. The molecule has 1 saturated heterocycles. The second-order valence-electron chi connectivity index (χ2n) is 7.86. The Morgan fingerprint density at radius 2 is 1.67 bits per heavy atom. The van der Waals surface area contributed by atoms with Gasteiger partial charge < -0.3 is 9.80 Å². The SMILES string of the molecule is Cc1ccc(C(=O)N(C)C2CCN(Cc3ccccc3)C2=O)cc1-c1ccccc1. The minimum absolute atomic E-state index is 0.0186. The van der Waals surface area contributed by atoms with E-state index in [1.807, 2.05) is 90.7 Å². The number of likely N-dealkylation sites (tertiary alicyclic amines) is 1. The van der Waals surface area contributed by atoms with Gasteiger partial charge in [0.2, 0.25) is 5.91 Å². The van der Waals surface area contributed by atoms with E-state index in [0.717, 1.165) is 22.3 Å². The maximum Gasteiger partial charge on any atom is 0.254 e. The smallest absolute Gasteiger partial charge is 0.254 e. The second kappa shape index (κ2) is 8.54. The summed E-state index contributed by atoms with van der Waals surface area (Å²) in [5, 5.41) is 0. The van der Waals surface area contributed by atoms with Crippen LogP contribution in [0.1, 0.15) is 27.9 Å². The number of carbonyl (C=O) groups excluding carboxylic acids is 2. The molecule has 0 saturated carbocycles. The molecule has 4 rings (SSSR count). The average molecular weight is 399 g/mol. The molecule has 0 N–H and O–H groups in total. The van der Waals surface area contributed by atoms with Gasteiger partial charge in [0.05, 0.1) is 0 Å². The van der Waals surface area contributed by atoms with Gasteiger partial charge in [-0.25, -0.2) is 0 Å². The van der Waals surface area contributed by atoms with E-state index in [9.17, 15) is 9.59 Å². The summed E-state index contributed by atoms with van der Waals surface area (Å²) in [6.45, 7) is 3.29. The van der Waals surface area contributed by atoms with E-state index in [2.05, 4.69) is 0 Å². The van der Waals surface area contributed by atoms with Crippen molar-refractivity contribution in [2.75, 3.05) is 13.6 Å². The zero-order chi connectivity index (χ0) is 21.1. The number of benzene rings is 3. The summed E-state index contributed by atoms with van der Waals surface area (Å²) in [6.07, 6.45) is 0.658. The lowest BCUT2D eigenvalue weighted by Crippen LogP contribution is -2.42. The number of nitrogens with zero attached hydrogens (tertiary/aromatic N) is 2. The van der Waals surface area contributed by atoms with E-state index in [4.69, 9.17) is 0 Å². The highest BCUT2D eigenvalue weighted by atomic mass is 16.2. The van der Waals surface area contributed by atoms with Crippen LogP contribution in [-0.2, 0) is 11.3 Å². The van der Waals surface area contributed by atoms with Gasteiger partial charge >= 0.3 is 0 Å². The predicted molar refractivity (Wildman–Crippen MR) is 119 cm³/mol. The molecule has 152 valence electrons. The highest BCUT2D eigenvalue weighted by molar-refractivity contribution is 5.99. The zero-order valence-corrected chi connectivity index (χ0v) is 17.4. The Hall–Kier alpha value is -3.40. The topological polar surface area (TPSA) is 40.6 Å². The molecule has 1 fully saturated rings. The summed E-state index contributed by atoms with van der Waals surface area (Å²) in [7, 11) is 1.74. The Morgan fingerprint density at radius 1 is 1.00 bits per heavy atom. The lowest BCUT2D eigenvalue weighted by Gasteiger charge is -2.24. The Kier molecular flexibility index (Phi) is 5.66. The van der Waals surface area contributed by atoms with E-state index in [-0.39, 0.29) is 11.8 Å². The normalized spacial score (nSPS) is 16.0. The van der Waals surface area contributed by atoms with Crippen LogP contribution in [-0.4, -0.2) is 41.2 Å². The monoisotopic (exact) mass is 398 g/mol. The van der Waals surface area contributed by atoms with Crippen molar-refractivity contribution in [3.63, 3.8) is 0 Å². The first-order valence-corrected chi connectivity index (χ1v) is 10.3. The van der Waals surface area contributed by atoms with Crippen molar-refractivity contribution in [1.82, 2.24) is 9.80 Å². The second-order valence-corrected chi connectivity index (χ2v) is 7.86. The van der Waals surface area contributed by atoms with Crippen LogP contribution in [0.2, 0.25) is 0 Å². The average Bonchev–Trinajstić information content (AvgIpc) is 3.14. The molecule has 0 aromatic heterocycles. The zero-order valence-electron chi connectivity index (χ0n) is 17.4. The van der Waals surface area contributed by atoms with E-state index in [1.54, 1.807) is 11.9 Å². The van der Waals surface area contributed by atoms with Crippen molar-refractivity contribution in [2.45, 2.75) is 25.9 Å². The molecule has 30 heavy (non-hydrogen) atoms. The fourth-order valence-corrected chi connectivity index (χ4v) is 4.07. The minimum atomic E-state index is -0.414. The number of hydrogen-bond donors (Lipinski definition) is 0. The van der Waals surface area contributed by atoms with Crippen LogP contribution in [0.15, 0.2) is 78.9 Å². The molecular weight excluding hydrogens is 372 g/mol. The first kappa shape index (κ1) is 19.9. The van der Waals surface area contributed by atoms with Gasteiger partial charge in [0, 0.05) is 25.7 Å². The Bertz CT molecular complexity index is 1050. The van der Waals surface area contributed by atoms with Gasteiger partial charge in [0.25, 0.3) is 5.91 Å². The highest BCUT2D eigenvalue weighted by Gasteiger charge is 2.36. The Labute approximate surface area is 177 Å². The standard InChI is InChI=1S/C26H26N2O2/c1-19-13-14-22(17-23(19)21-11-7-4-8-12-21)25(29)27(2)24-15-16-28(26(24)30)18-20-9-5-3-6-10-20/h3-14,17,24H,15-16,18H2,1-2H3. The minimum Gasteiger partial charge on any atom is -0.336 e. The number of likely N-dealkylation sites (N-methyl/N-ethyl adjacent to an activating group) is 1. The highest BCUT2D eigenvalue weighted by Crippen LogP contribution is 2.26. The van der Waals surface area contributed by atoms with Gasteiger partial charge in [-0.15, -0.1) is 0 Å². The molecular formula is C26H26N2O2. The number of amides is 2. The van der Waals surface area contributed by atoms with E-state index in [1.165, 1.54) is 0 Å². The van der Waals surface area contributed by atoms with Crippen LogP contribution in [0.5, 0.6) is 0 Å². The molecule has 1 atom stereocenters. The summed E-state index contributed by atoms with van der Waals surface area (Å²) in [4.78, 5) is 29.6. The molecule has 4 heteroatoms. The van der Waals surface area contributed by atoms with Crippen LogP contribution < -0.4 is 0 Å². The molecule has 3 aromatic carbocycles. The van der Waals surface area contributed by atoms with Gasteiger partial charge in [-0.1, -0.05) is 66.7 Å². The van der Waals surface area contributed by atoms with Gasteiger partial charge in [-0.05, 0) is 47.7 Å². The van der Waals surface area contributed by atoms with Gasteiger partial charge in [-0.2, -0.15) is 0 Å². The number of carbonyl (C=O) groups is 2. The van der Waals surface area contributed by atoms with Crippen LogP contribution in [0.4, 0.5) is 0 Å². The molecule has 1 unspecified atom stereocenters. The molecule has 0 aliphatic carbocycles. The van der Waals surface area contributed by atoms with Crippen molar-refractivity contribution in [1.29, 1.82) is 0 Å². The van der Waals surface area contributed by atoms with Crippen molar-refractivity contribution >= 4 is 11.8 Å². The fourth-order valence-electron chi connectivity index (χ4n) is 4.07. The first-order chi connectivity index (χ1) is 14.5. The molecule has 0 radical (unpaired) electrons. The van der Waals surface area contributed by atoms with Crippen molar-refractivity contribution in [2.24, 2.45) is 0 Å². The van der Waals surface area contributed by atoms with Crippen LogP contribution >= 0.6 is 0 Å². The predicted octanol–water partition coefficient (Wildman–Crippen LogP) is 4.54. The summed E-state index contributed by atoms with van der Waals surface area (Å²) in [5.74, 6) is -0.0998. The molecule has 3 aromatic rings. The van der Waals surface area contributed by atoms with Crippen LogP contribution in [0.25, 0.3) is 11.1 Å². The van der Waals surface area contributed by atoms with E-state index < -0.39 is 6.04 Å². The maximum absolute atomic E-state index is 13.2. The molecule has 1 heterocycles. The summed E-state index contributed by atoms with van der Waals surface area (Å²) < 4.78 is 0. The molecule has 0 bridgehead atoms. The third kappa shape index (κ3) is 3.99. The van der Waals surface area contributed by atoms with Crippen molar-refractivity contribution < 1.29 is 9.59 Å². The summed E-state index contributed by atoms with van der Waals surface area (Å²) >= 11 is 0. The van der Waals surface area contributed by atoms with Gasteiger partial charge in [0.1, 0.15) is 6.04 Å². The van der Waals surface area contributed by atoms with Gasteiger partial charge in [-0.3, -0.25) is 9.59 Å². The van der Waals surface area contributed by atoms with Crippen LogP contribution in [0, 0.1) is 6.92 Å². The lowest BCUT2D eigenvalue weighted by molar-refractivity contribution is -0.131. The summed E-state index contributed by atoms with van der Waals surface area (Å²) in [6, 6.07) is 25.4. The lowest BCUT2D eigenvalue weighted by atomic mass is 9.97. The Balaban J connectivity index is 1.51. The van der Waals surface area contributed by atoms with Crippen LogP contribution in [0.3, 0.4) is 0 Å². The fraction of sp³-hybridized carbons (Fsp3) is 0.231. The third-order valence-corrected chi connectivity index (χ3v) is 5.84. The number of aryl methyl sites for hydroxylation is 1. The molecule has 0 spiro atoms. The quantitative estimate of drug-likeness (QED) is 0.633. The van der Waals surface area contributed by atoms with Crippen molar-refractivity contribution in [3.05, 3.63) is 95.6 Å². The summed E-state index contributed by atoms with van der Waals surface area (Å²) in [5.41, 5.74) is 4.95. The molecule has 1 aliphatic rings. The van der Waals surface area contributed by atoms with Crippen molar-refractivity contribution in [3.8, 4) is 11.1 Å². The molecule has 2 amide bonds. The number of hydrogen-bond acceptors (Lipinski definition) is 2. The largest absolute Gasteiger partial charge is 0.336 e. The van der Waals surface area contributed by atoms with E-state index >= 15 is 0 Å². The van der Waals surface area contributed by atoms with E-state index in [0.29, 0.717) is 25.1 Å². The Morgan fingerprint density at radius 3 is 2.37 bits per heavy atom. The maximum atomic E-state index is 13.2. The molecule has 1 aliphatic heterocycles. The first-order valence-electron chi connectivity index (χ1n) is 10.3. The van der Waals surface area contributed by atoms with Gasteiger partial charge in [0.15, 0.2) is 0 Å².